The van der Waals surface area contributed by atoms with Gasteiger partial charge in [0.05, 0.1) is 5.02 Å². The third-order valence-corrected chi connectivity index (χ3v) is 3.22. The summed E-state index contributed by atoms with van der Waals surface area (Å²) in [5.41, 5.74) is 7.96. The van der Waals surface area contributed by atoms with E-state index >= 15 is 0 Å². The minimum atomic E-state index is -0.0282. The molecule has 104 valence electrons. The second-order valence-corrected chi connectivity index (χ2v) is 5.01. The van der Waals surface area contributed by atoms with Gasteiger partial charge in [0.2, 0.25) is 0 Å². The highest BCUT2D eigenvalue weighted by Crippen LogP contribution is 2.27. The number of nitrogens with two attached hydrogens (primary N) is 1. The van der Waals surface area contributed by atoms with Gasteiger partial charge in [-0.25, -0.2) is 0 Å². The van der Waals surface area contributed by atoms with Gasteiger partial charge in [0.1, 0.15) is 12.4 Å². The van der Waals surface area contributed by atoms with E-state index in [0.717, 1.165) is 11.1 Å². The fraction of sp³-hybridized carbons (Fsp3) is 0.176. The number of hydrogen-bond acceptors (Lipinski definition) is 2. The molecule has 2 rings (SSSR count). The molecule has 0 fully saturated rings. The third-order valence-electron chi connectivity index (χ3n) is 2.93. The van der Waals surface area contributed by atoms with Crippen molar-refractivity contribution in [2.24, 2.45) is 5.73 Å². The topological polar surface area (TPSA) is 35.2 Å². The van der Waals surface area contributed by atoms with Gasteiger partial charge in [-0.05, 0) is 36.3 Å². The summed E-state index contributed by atoms with van der Waals surface area (Å²) in [4.78, 5) is 0. The van der Waals surface area contributed by atoms with E-state index in [9.17, 15) is 0 Å². The Hall–Kier alpha value is -1.77. The van der Waals surface area contributed by atoms with Crippen LogP contribution in [0.25, 0.3) is 6.08 Å². The van der Waals surface area contributed by atoms with Crippen LogP contribution < -0.4 is 10.5 Å². The third kappa shape index (κ3) is 4.12. The van der Waals surface area contributed by atoms with Crippen LogP contribution >= 0.6 is 11.6 Å². The number of ether oxygens (including phenoxy) is 1. The molecule has 0 spiro atoms. The molecule has 2 N–H and O–H groups in total. The second-order valence-electron chi connectivity index (χ2n) is 4.60. The second kappa shape index (κ2) is 7.13. The summed E-state index contributed by atoms with van der Waals surface area (Å²) in [6.07, 6.45) is 3.98. The molecule has 2 nitrogen and oxygen atoms in total. The Bertz CT molecular complexity index is 579. The van der Waals surface area contributed by atoms with Gasteiger partial charge in [0.15, 0.2) is 0 Å². The lowest BCUT2D eigenvalue weighted by Crippen LogP contribution is -2.05. The molecule has 0 aromatic heterocycles. The Morgan fingerprint density at radius 2 is 1.95 bits per heavy atom. The normalized spacial score (nSPS) is 12.6. The summed E-state index contributed by atoms with van der Waals surface area (Å²) in [5, 5.41) is 0.591. The molecule has 3 heteroatoms. The Balaban J connectivity index is 1.93. The van der Waals surface area contributed by atoms with E-state index in [1.54, 1.807) is 0 Å². The Morgan fingerprint density at radius 3 is 2.60 bits per heavy atom. The van der Waals surface area contributed by atoms with Crippen molar-refractivity contribution in [2.75, 3.05) is 6.61 Å². The van der Waals surface area contributed by atoms with Gasteiger partial charge in [0, 0.05) is 6.04 Å². The summed E-state index contributed by atoms with van der Waals surface area (Å²) in [6, 6.07) is 15.7. The molecular formula is C17H18ClNO. The number of hydrogen-bond donors (Lipinski definition) is 1. The van der Waals surface area contributed by atoms with Crippen LogP contribution in [0.4, 0.5) is 0 Å². The maximum absolute atomic E-state index is 6.16. The van der Waals surface area contributed by atoms with Gasteiger partial charge < -0.3 is 10.5 Å². The first kappa shape index (κ1) is 14.6. The summed E-state index contributed by atoms with van der Waals surface area (Å²) in [5.74, 6) is 0.675. The molecule has 0 aliphatic heterocycles. The average Bonchev–Trinajstić information content (AvgIpc) is 2.46. The van der Waals surface area contributed by atoms with Crippen molar-refractivity contribution >= 4 is 17.7 Å². The first-order valence-electron chi connectivity index (χ1n) is 6.56. The molecule has 0 heterocycles. The van der Waals surface area contributed by atoms with E-state index in [1.165, 1.54) is 0 Å². The van der Waals surface area contributed by atoms with Crippen LogP contribution in [-0.2, 0) is 0 Å². The molecule has 2 aromatic carbocycles. The summed E-state index contributed by atoms with van der Waals surface area (Å²) < 4.78 is 5.63. The first-order valence-corrected chi connectivity index (χ1v) is 6.94. The molecule has 20 heavy (non-hydrogen) atoms. The molecule has 2 aromatic rings. The van der Waals surface area contributed by atoms with Crippen LogP contribution in [0, 0.1) is 0 Å². The molecule has 0 aliphatic carbocycles. The van der Waals surface area contributed by atoms with Crippen LogP contribution in [0.5, 0.6) is 5.75 Å². The fourth-order valence-electron chi connectivity index (χ4n) is 1.80. The first-order chi connectivity index (χ1) is 9.66. The smallest absolute Gasteiger partial charge is 0.138 e. The van der Waals surface area contributed by atoms with Crippen molar-refractivity contribution in [2.45, 2.75) is 13.0 Å². The maximum Gasteiger partial charge on any atom is 0.138 e. The highest BCUT2D eigenvalue weighted by Gasteiger charge is 2.05. The Morgan fingerprint density at radius 1 is 1.20 bits per heavy atom. The van der Waals surface area contributed by atoms with Crippen LogP contribution in [0.15, 0.2) is 54.6 Å². The van der Waals surface area contributed by atoms with E-state index in [0.29, 0.717) is 17.4 Å². The Labute approximate surface area is 124 Å². The molecule has 0 saturated heterocycles. The largest absolute Gasteiger partial charge is 0.488 e. The van der Waals surface area contributed by atoms with Gasteiger partial charge >= 0.3 is 0 Å². The summed E-state index contributed by atoms with van der Waals surface area (Å²) >= 11 is 6.16. The zero-order valence-electron chi connectivity index (χ0n) is 11.4. The number of rotatable bonds is 5. The molecule has 0 amide bonds. The highest BCUT2D eigenvalue weighted by atomic mass is 35.5. The zero-order chi connectivity index (χ0) is 14.4. The SMILES string of the molecule is C[C@H](N)c1ccc(OC/C=C/c2ccccc2)c(Cl)c1. The Kier molecular flexibility index (Phi) is 5.22. The van der Waals surface area contributed by atoms with Gasteiger partial charge in [-0.15, -0.1) is 0 Å². The molecule has 0 aliphatic rings. The lowest BCUT2D eigenvalue weighted by atomic mass is 10.1. The molecular weight excluding hydrogens is 270 g/mol. The maximum atomic E-state index is 6.16. The molecule has 0 saturated carbocycles. The molecule has 0 unspecified atom stereocenters. The van der Waals surface area contributed by atoms with E-state index in [-0.39, 0.29) is 6.04 Å². The van der Waals surface area contributed by atoms with Crippen LogP contribution in [0.3, 0.4) is 0 Å². The van der Waals surface area contributed by atoms with Gasteiger partial charge in [-0.2, -0.15) is 0 Å². The van der Waals surface area contributed by atoms with Crippen LogP contribution in [0.1, 0.15) is 24.1 Å². The monoisotopic (exact) mass is 287 g/mol. The van der Waals surface area contributed by atoms with E-state index in [4.69, 9.17) is 22.1 Å². The molecule has 0 radical (unpaired) electrons. The van der Waals surface area contributed by atoms with E-state index in [1.807, 2.05) is 67.6 Å². The van der Waals surface area contributed by atoms with Crippen LogP contribution in [-0.4, -0.2) is 6.61 Å². The average molecular weight is 288 g/mol. The van der Waals surface area contributed by atoms with Crippen molar-refractivity contribution in [3.8, 4) is 5.75 Å². The lowest BCUT2D eigenvalue weighted by Gasteiger charge is -2.10. The van der Waals surface area contributed by atoms with Crippen LogP contribution in [0.2, 0.25) is 5.02 Å². The van der Waals surface area contributed by atoms with Crippen molar-refractivity contribution in [3.63, 3.8) is 0 Å². The lowest BCUT2D eigenvalue weighted by molar-refractivity contribution is 0.363. The van der Waals surface area contributed by atoms with Crippen molar-refractivity contribution in [1.29, 1.82) is 0 Å². The number of halogens is 1. The summed E-state index contributed by atoms with van der Waals surface area (Å²) in [7, 11) is 0. The van der Waals surface area contributed by atoms with Gasteiger partial charge in [0.25, 0.3) is 0 Å². The van der Waals surface area contributed by atoms with Crippen molar-refractivity contribution in [3.05, 3.63) is 70.8 Å². The van der Waals surface area contributed by atoms with E-state index < -0.39 is 0 Å². The molecule has 1 atom stereocenters. The van der Waals surface area contributed by atoms with Gasteiger partial charge in [-0.1, -0.05) is 54.1 Å². The highest BCUT2D eigenvalue weighted by molar-refractivity contribution is 6.32. The predicted molar refractivity (Wildman–Crippen MR) is 85.0 cm³/mol. The minimum absolute atomic E-state index is 0.0282. The van der Waals surface area contributed by atoms with Crippen molar-refractivity contribution in [1.82, 2.24) is 0 Å². The quantitative estimate of drug-likeness (QED) is 0.881. The standard InChI is InChI=1S/C17H18ClNO/c1-13(19)15-9-10-17(16(18)12-15)20-11-5-8-14-6-3-2-4-7-14/h2-10,12-13H,11,19H2,1H3/b8-5+/t13-/m0/s1. The predicted octanol–water partition coefficient (Wildman–Crippen LogP) is 4.45. The summed E-state index contributed by atoms with van der Waals surface area (Å²) in [6.45, 7) is 2.40. The van der Waals surface area contributed by atoms with E-state index in [2.05, 4.69) is 0 Å². The zero-order valence-corrected chi connectivity index (χ0v) is 12.2. The number of benzene rings is 2. The fourth-order valence-corrected chi connectivity index (χ4v) is 2.05. The van der Waals surface area contributed by atoms with Crippen molar-refractivity contribution < 1.29 is 4.74 Å². The van der Waals surface area contributed by atoms with Gasteiger partial charge in [-0.3, -0.25) is 0 Å². The molecule has 0 bridgehead atoms. The minimum Gasteiger partial charge on any atom is -0.488 e.